The molecule has 0 saturated heterocycles. The molecule has 0 radical (unpaired) electrons. The zero-order chi connectivity index (χ0) is 22.3. The summed E-state index contributed by atoms with van der Waals surface area (Å²) in [4.78, 5) is 12.2. The van der Waals surface area contributed by atoms with E-state index in [1.807, 2.05) is 36.4 Å². The molecular weight excluding hydrogens is 384 g/mol. The fourth-order valence-electron chi connectivity index (χ4n) is 3.06. The largest absolute Gasteiger partial charge is 0.489 e. The highest BCUT2D eigenvalue weighted by atomic mass is 16.5. The highest BCUT2D eigenvalue weighted by molar-refractivity contribution is 5.83. The molecule has 4 nitrogen and oxygen atoms in total. The van der Waals surface area contributed by atoms with E-state index in [0.717, 1.165) is 22.4 Å². The van der Waals surface area contributed by atoms with Gasteiger partial charge >= 0.3 is 0 Å². The minimum Gasteiger partial charge on any atom is -0.489 e. The van der Waals surface area contributed by atoms with Gasteiger partial charge in [-0.2, -0.15) is 5.10 Å². The van der Waals surface area contributed by atoms with Gasteiger partial charge in [0.1, 0.15) is 12.4 Å². The van der Waals surface area contributed by atoms with Gasteiger partial charge < -0.3 is 4.74 Å². The first-order valence-corrected chi connectivity index (χ1v) is 10.5. The standard InChI is InChI=1S/C27H30N2O2/c1-20-8-10-22(11-9-20)19-31-25-7-5-6-23(16-25)18-28-29-26(30)17-21-12-14-24(15-13-21)27(2,3)4/h5-16,18H,17,19H2,1-4H3,(H,29,30)/b28-18-. The number of benzene rings is 3. The summed E-state index contributed by atoms with van der Waals surface area (Å²) in [5, 5.41) is 4.08. The van der Waals surface area contributed by atoms with E-state index >= 15 is 0 Å². The van der Waals surface area contributed by atoms with E-state index in [1.165, 1.54) is 11.1 Å². The highest BCUT2D eigenvalue weighted by Gasteiger charge is 2.13. The van der Waals surface area contributed by atoms with E-state index in [9.17, 15) is 4.79 Å². The van der Waals surface area contributed by atoms with Gasteiger partial charge in [0.05, 0.1) is 12.6 Å². The first-order valence-electron chi connectivity index (χ1n) is 10.5. The third-order valence-corrected chi connectivity index (χ3v) is 4.97. The third kappa shape index (κ3) is 7.10. The van der Waals surface area contributed by atoms with Crippen LogP contribution >= 0.6 is 0 Å². The molecule has 0 aliphatic rings. The number of hydrogen-bond donors (Lipinski definition) is 1. The van der Waals surface area contributed by atoms with Crippen molar-refractivity contribution in [1.29, 1.82) is 0 Å². The predicted molar refractivity (Wildman–Crippen MR) is 127 cm³/mol. The number of nitrogens with zero attached hydrogens (tertiary/aromatic N) is 1. The Morgan fingerprint density at radius 3 is 2.32 bits per heavy atom. The third-order valence-electron chi connectivity index (χ3n) is 4.97. The number of carbonyl (C=O) groups is 1. The average Bonchev–Trinajstić information content (AvgIpc) is 2.73. The van der Waals surface area contributed by atoms with E-state index in [2.05, 4.69) is 74.6 Å². The van der Waals surface area contributed by atoms with Crippen LogP contribution in [0.25, 0.3) is 0 Å². The molecule has 0 aromatic heterocycles. The molecule has 0 heterocycles. The lowest BCUT2D eigenvalue weighted by Crippen LogP contribution is -2.20. The second kappa shape index (κ2) is 10.1. The summed E-state index contributed by atoms with van der Waals surface area (Å²) in [5.74, 6) is 0.612. The van der Waals surface area contributed by atoms with E-state index in [4.69, 9.17) is 4.74 Å². The van der Waals surface area contributed by atoms with Crippen LogP contribution in [-0.4, -0.2) is 12.1 Å². The average molecular weight is 415 g/mol. The molecule has 1 N–H and O–H groups in total. The van der Waals surface area contributed by atoms with E-state index in [0.29, 0.717) is 13.0 Å². The molecule has 0 unspecified atom stereocenters. The normalized spacial score (nSPS) is 11.5. The van der Waals surface area contributed by atoms with Crippen molar-refractivity contribution < 1.29 is 9.53 Å². The quantitative estimate of drug-likeness (QED) is 0.406. The maximum absolute atomic E-state index is 12.2. The molecular formula is C27H30N2O2. The number of ether oxygens (including phenoxy) is 1. The summed E-state index contributed by atoms with van der Waals surface area (Å²) in [6, 6.07) is 24.1. The Labute approximate surface area is 185 Å². The van der Waals surface area contributed by atoms with Crippen LogP contribution in [0.15, 0.2) is 77.9 Å². The van der Waals surface area contributed by atoms with Gasteiger partial charge in [-0.05, 0) is 46.7 Å². The van der Waals surface area contributed by atoms with Crippen molar-refractivity contribution in [1.82, 2.24) is 5.43 Å². The molecule has 0 aliphatic carbocycles. The second-order valence-corrected chi connectivity index (χ2v) is 8.76. The molecule has 3 aromatic carbocycles. The van der Waals surface area contributed by atoms with Gasteiger partial charge in [0.25, 0.3) is 0 Å². The maximum Gasteiger partial charge on any atom is 0.244 e. The Hall–Kier alpha value is -3.40. The zero-order valence-corrected chi connectivity index (χ0v) is 18.7. The lowest BCUT2D eigenvalue weighted by Gasteiger charge is -2.19. The van der Waals surface area contributed by atoms with Gasteiger partial charge in [-0.25, -0.2) is 5.43 Å². The van der Waals surface area contributed by atoms with Crippen molar-refractivity contribution >= 4 is 12.1 Å². The molecule has 31 heavy (non-hydrogen) atoms. The molecule has 1 amide bonds. The van der Waals surface area contributed by atoms with E-state index < -0.39 is 0 Å². The second-order valence-electron chi connectivity index (χ2n) is 8.76. The zero-order valence-electron chi connectivity index (χ0n) is 18.7. The minimum atomic E-state index is -0.147. The van der Waals surface area contributed by atoms with Crippen molar-refractivity contribution in [2.24, 2.45) is 5.10 Å². The number of hydrogen-bond acceptors (Lipinski definition) is 3. The van der Waals surface area contributed by atoms with Gasteiger partial charge in [-0.3, -0.25) is 4.79 Å². The molecule has 0 atom stereocenters. The lowest BCUT2D eigenvalue weighted by molar-refractivity contribution is -0.120. The first kappa shape index (κ1) is 22.3. The lowest BCUT2D eigenvalue weighted by atomic mass is 9.86. The minimum absolute atomic E-state index is 0.101. The monoisotopic (exact) mass is 414 g/mol. The van der Waals surface area contributed by atoms with Crippen LogP contribution in [0.2, 0.25) is 0 Å². The molecule has 0 aliphatic heterocycles. The summed E-state index contributed by atoms with van der Waals surface area (Å²) in [6.07, 6.45) is 1.92. The molecule has 160 valence electrons. The Morgan fingerprint density at radius 1 is 0.968 bits per heavy atom. The van der Waals surface area contributed by atoms with Crippen LogP contribution in [0.4, 0.5) is 0 Å². The number of rotatable bonds is 7. The highest BCUT2D eigenvalue weighted by Crippen LogP contribution is 2.22. The predicted octanol–water partition coefficient (Wildman–Crippen LogP) is 5.56. The van der Waals surface area contributed by atoms with Crippen molar-refractivity contribution in [2.45, 2.75) is 46.1 Å². The molecule has 0 spiro atoms. The Balaban J connectivity index is 1.50. The van der Waals surface area contributed by atoms with Crippen LogP contribution < -0.4 is 10.2 Å². The number of aryl methyl sites for hydroxylation is 1. The van der Waals surface area contributed by atoms with Crippen LogP contribution in [0.3, 0.4) is 0 Å². The van der Waals surface area contributed by atoms with Crippen LogP contribution in [0.5, 0.6) is 5.75 Å². The summed E-state index contributed by atoms with van der Waals surface area (Å²) < 4.78 is 5.86. The number of amides is 1. The fraction of sp³-hybridized carbons (Fsp3) is 0.259. The van der Waals surface area contributed by atoms with Crippen LogP contribution in [0, 0.1) is 6.92 Å². The first-order chi connectivity index (χ1) is 14.8. The van der Waals surface area contributed by atoms with Crippen molar-refractivity contribution in [3.8, 4) is 5.75 Å². The van der Waals surface area contributed by atoms with Crippen molar-refractivity contribution in [3.63, 3.8) is 0 Å². The molecule has 0 saturated carbocycles. The van der Waals surface area contributed by atoms with Gasteiger partial charge in [-0.15, -0.1) is 0 Å². The summed E-state index contributed by atoms with van der Waals surface area (Å²) in [6.45, 7) is 9.09. The maximum atomic E-state index is 12.2. The van der Waals surface area contributed by atoms with E-state index in [1.54, 1.807) is 6.21 Å². The number of carbonyl (C=O) groups excluding carboxylic acids is 1. The SMILES string of the molecule is Cc1ccc(COc2cccc(/C=N\NC(=O)Cc3ccc(C(C)(C)C)cc3)c2)cc1. The van der Waals surface area contributed by atoms with Crippen molar-refractivity contribution in [3.05, 3.63) is 101 Å². The molecule has 0 bridgehead atoms. The molecule has 3 aromatic rings. The Kier molecular flexibility index (Phi) is 7.24. The van der Waals surface area contributed by atoms with Gasteiger partial charge in [-0.1, -0.05) is 87.0 Å². The smallest absolute Gasteiger partial charge is 0.244 e. The number of hydrazone groups is 1. The Morgan fingerprint density at radius 2 is 1.65 bits per heavy atom. The van der Waals surface area contributed by atoms with Crippen LogP contribution in [0.1, 0.15) is 48.6 Å². The Bertz CT molecular complexity index is 1030. The summed E-state index contributed by atoms with van der Waals surface area (Å²) >= 11 is 0. The van der Waals surface area contributed by atoms with E-state index in [-0.39, 0.29) is 11.3 Å². The fourth-order valence-corrected chi connectivity index (χ4v) is 3.06. The van der Waals surface area contributed by atoms with Crippen molar-refractivity contribution in [2.75, 3.05) is 0 Å². The van der Waals surface area contributed by atoms with Crippen LogP contribution in [-0.2, 0) is 23.2 Å². The molecule has 0 fully saturated rings. The summed E-state index contributed by atoms with van der Waals surface area (Å²) in [7, 11) is 0. The summed E-state index contributed by atoms with van der Waals surface area (Å²) in [5.41, 5.74) is 8.12. The van der Waals surface area contributed by atoms with Gasteiger partial charge in [0, 0.05) is 0 Å². The van der Waals surface area contributed by atoms with Gasteiger partial charge in [0.2, 0.25) is 5.91 Å². The number of nitrogens with one attached hydrogen (secondary N) is 1. The topological polar surface area (TPSA) is 50.7 Å². The molecule has 4 heteroatoms. The molecule has 3 rings (SSSR count). The van der Waals surface area contributed by atoms with Gasteiger partial charge in [0.15, 0.2) is 0 Å².